The van der Waals surface area contributed by atoms with E-state index in [1.165, 1.54) is 56.9 Å². The monoisotopic (exact) mass is 348 g/mol. The zero-order valence-corrected chi connectivity index (χ0v) is 15.2. The van der Waals surface area contributed by atoms with Crippen molar-refractivity contribution >= 4 is 0 Å². The fourth-order valence-electron chi connectivity index (χ4n) is 4.97. The molecule has 0 aliphatic heterocycles. The van der Waals surface area contributed by atoms with Crippen LogP contribution >= 0.6 is 0 Å². The summed E-state index contributed by atoms with van der Waals surface area (Å²) in [5.74, 6) is 3.52. The molecule has 3 rings (SSSR count). The van der Waals surface area contributed by atoms with Crippen LogP contribution in [0.25, 0.3) is 0 Å². The van der Waals surface area contributed by atoms with Gasteiger partial charge in [-0.05, 0) is 93.2 Å². The van der Waals surface area contributed by atoms with E-state index in [-0.39, 0.29) is 5.75 Å². The number of ether oxygens (including phenoxy) is 1. The van der Waals surface area contributed by atoms with E-state index in [0.717, 1.165) is 17.8 Å². The molecule has 4 unspecified atom stereocenters. The van der Waals surface area contributed by atoms with Crippen LogP contribution in [0.4, 0.5) is 8.78 Å². The Bertz CT molecular complexity index is 552. The van der Waals surface area contributed by atoms with Crippen LogP contribution in [0.15, 0.2) is 36.4 Å². The molecule has 2 fully saturated rings. The lowest BCUT2D eigenvalue weighted by atomic mass is 9.63. The van der Waals surface area contributed by atoms with Crippen LogP contribution in [0.2, 0.25) is 0 Å². The number of hydrogen-bond donors (Lipinski definition) is 0. The Morgan fingerprint density at radius 1 is 1.04 bits per heavy atom. The van der Waals surface area contributed by atoms with E-state index in [1.807, 2.05) is 12.1 Å². The Labute approximate surface area is 150 Å². The number of hydrogen-bond acceptors (Lipinski definition) is 1. The normalized spacial score (nSPS) is 29.8. The predicted octanol–water partition coefficient (Wildman–Crippen LogP) is 6.94. The van der Waals surface area contributed by atoms with Crippen molar-refractivity contribution in [1.29, 1.82) is 0 Å². The Balaban J connectivity index is 1.52. The Morgan fingerprint density at radius 2 is 1.76 bits per heavy atom. The minimum atomic E-state index is -2.75. The van der Waals surface area contributed by atoms with Gasteiger partial charge in [-0.25, -0.2) is 0 Å². The minimum Gasteiger partial charge on any atom is -0.435 e. The molecule has 0 radical (unpaired) electrons. The van der Waals surface area contributed by atoms with Crippen molar-refractivity contribution < 1.29 is 13.5 Å². The average Bonchev–Trinajstić information content (AvgIpc) is 2.62. The van der Waals surface area contributed by atoms with E-state index in [0.29, 0.717) is 5.92 Å². The Kier molecular flexibility index (Phi) is 6.50. The highest BCUT2D eigenvalue weighted by Gasteiger charge is 2.35. The van der Waals surface area contributed by atoms with Crippen LogP contribution < -0.4 is 4.74 Å². The SMILES string of the molecule is C/C=C/CCC1CCC2CC(c3ccc(OC(F)F)cc3)CCC2C1. The molecule has 0 aromatic heterocycles. The highest BCUT2D eigenvalue weighted by Crippen LogP contribution is 2.48. The number of halogens is 2. The molecule has 0 bridgehead atoms. The summed E-state index contributed by atoms with van der Waals surface area (Å²) in [6.07, 6.45) is 15.0. The third-order valence-corrected chi connectivity index (χ3v) is 6.28. The lowest BCUT2D eigenvalue weighted by Gasteiger charge is -2.42. The van der Waals surface area contributed by atoms with Gasteiger partial charge in [0.15, 0.2) is 0 Å². The number of alkyl halides is 2. The third kappa shape index (κ3) is 5.05. The van der Waals surface area contributed by atoms with Gasteiger partial charge in [-0.15, -0.1) is 0 Å². The van der Waals surface area contributed by atoms with E-state index in [9.17, 15) is 8.78 Å². The van der Waals surface area contributed by atoms with Crippen LogP contribution in [0.1, 0.15) is 69.8 Å². The third-order valence-electron chi connectivity index (χ3n) is 6.28. The van der Waals surface area contributed by atoms with E-state index < -0.39 is 6.61 Å². The molecule has 0 amide bonds. The zero-order valence-electron chi connectivity index (χ0n) is 15.2. The fourth-order valence-corrected chi connectivity index (χ4v) is 4.97. The van der Waals surface area contributed by atoms with Crippen molar-refractivity contribution in [2.24, 2.45) is 17.8 Å². The Hall–Kier alpha value is -1.38. The smallest absolute Gasteiger partial charge is 0.387 e. The van der Waals surface area contributed by atoms with Gasteiger partial charge in [0.25, 0.3) is 0 Å². The molecule has 1 aromatic rings. The van der Waals surface area contributed by atoms with Gasteiger partial charge in [0.2, 0.25) is 0 Å². The summed E-state index contributed by atoms with van der Waals surface area (Å²) in [4.78, 5) is 0. The first kappa shape index (κ1) is 18.4. The maximum atomic E-state index is 12.3. The average molecular weight is 348 g/mol. The lowest BCUT2D eigenvalue weighted by Crippen LogP contribution is -2.30. The lowest BCUT2D eigenvalue weighted by molar-refractivity contribution is -0.0498. The molecule has 0 N–H and O–H groups in total. The topological polar surface area (TPSA) is 9.23 Å². The van der Waals surface area contributed by atoms with Crippen molar-refractivity contribution in [3.63, 3.8) is 0 Å². The van der Waals surface area contributed by atoms with E-state index in [1.54, 1.807) is 12.1 Å². The second-order valence-electron chi connectivity index (χ2n) is 7.80. The summed E-state index contributed by atoms with van der Waals surface area (Å²) >= 11 is 0. The highest BCUT2D eigenvalue weighted by molar-refractivity contribution is 5.30. The molecule has 138 valence electrons. The van der Waals surface area contributed by atoms with Crippen LogP contribution in [-0.4, -0.2) is 6.61 Å². The van der Waals surface area contributed by atoms with E-state index in [2.05, 4.69) is 23.8 Å². The first-order chi connectivity index (χ1) is 12.2. The molecule has 0 saturated heterocycles. The van der Waals surface area contributed by atoms with Crippen LogP contribution in [0.3, 0.4) is 0 Å². The number of rotatable bonds is 6. The van der Waals surface area contributed by atoms with E-state index in [4.69, 9.17) is 0 Å². The second-order valence-corrected chi connectivity index (χ2v) is 7.80. The second kappa shape index (κ2) is 8.82. The van der Waals surface area contributed by atoms with Gasteiger partial charge in [0.05, 0.1) is 0 Å². The zero-order chi connectivity index (χ0) is 17.6. The van der Waals surface area contributed by atoms with Gasteiger partial charge < -0.3 is 4.74 Å². The molecule has 2 saturated carbocycles. The van der Waals surface area contributed by atoms with Crippen LogP contribution in [0.5, 0.6) is 5.75 Å². The summed E-state index contributed by atoms with van der Waals surface area (Å²) in [6.45, 7) is -0.645. The molecule has 0 heterocycles. The summed E-state index contributed by atoms with van der Waals surface area (Å²) in [7, 11) is 0. The molecule has 1 nitrogen and oxygen atoms in total. The first-order valence-corrected chi connectivity index (χ1v) is 9.81. The van der Waals surface area contributed by atoms with Crippen molar-refractivity contribution in [3.05, 3.63) is 42.0 Å². The van der Waals surface area contributed by atoms with Gasteiger partial charge in [-0.3, -0.25) is 0 Å². The summed E-state index contributed by atoms with van der Waals surface area (Å²) in [5, 5.41) is 0. The standard InChI is InChI=1S/C22H30F2O/c1-2-3-4-5-16-6-7-20-15-19(9-8-18(20)14-16)17-10-12-21(13-11-17)25-22(23)24/h2-3,10-13,16,18-20,22H,4-9,14-15H2,1H3/b3-2+. The Morgan fingerprint density at radius 3 is 2.48 bits per heavy atom. The number of benzene rings is 1. The number of allylic oxidation sites excluding steroid dienone is 2. The molecule has 3 heteroatoms. The molecular weight excluding hydrogens is 318 g/mol. The molecule has 0 spiro atoms. The van der Waals surface area contributed by atoms with Crippen LogP contribution in [0, 0.1) is 17.8 Å². The van der Waals surface area contributed by atoms with Crippen molar-refractivity contribution in [1.82, 2.24) is 0 Å². The molecule has 4 atom stereocenters. The summed E-state index contributed by atoms with van der Waals surface area (Å²) in [6, 6.07) is 7.33. The summed E-state index contributed by atoms with van der Waals surface area (Å²) in [5.41, 5.74) is 1.29. The van der Waals surface area contributed by atoms with Gasteiger partial charge in [-0.2, -0.15) is 8.78 Å². The summed E-state index contributed by atoms with van der Waals surface area (Å²) < 4.78 is 29.0. The van der Waals surface area contributed by atoms with Gasteiger partial charge >= 0.3 is 6.61 Å². The van der Waals surface area contributed by atoms with E-state index >= 15 is 0 Å². The minimum absolute atomic E-state index is 0.258. The van der Waals surface area contributed by atoms with Crippen molar-refractivity contribution in [2.75, 3.05) is 0 Å². The van der Waals surface area contributed by atoms with Crippen molar-refractivity contribution in [2.45, 2.75) is 70.8 Å². The fraction of sp³-hybridized carbons (Fsp3) is 0.636. The largest absolute Gasteiger partial charge is 0.435 e. The molecule has 2 aliphatic carbocycles. The molecule has 2 aliphatic rings. The molecular formula is C22H30F2O. The predicted molar refractivity (Wildman–Crippen MR) is 98.0 cm³/mol. The van der Waals surface area contributed by atoms with Gasteiger partial charge in [0, 0.05) is 0 Å². The highest BCUT2D eigenvalue weighted by atomic mass is 19.3. The maximum absolute atomic E-state index is 12.3. The quantitative estimate of drug-likeness (QED) is 0.506. The van der Waals surface area contributed by atoms with Crippen LogP contribution in [-0.2, 0) is 0 Å². The van der Waals surface area contributed by atoms with Gasteiger partial charge in [-0.1, -0.05) is 30.7 Å². The van der Waals surface area contributed by atoms with Crippen molar-refractivity contribution in [3.8, 4) is 5.75 Å². The van der Waals surface area contributed by atoms with Gasteiger partial charge in [0.1, 0.15) is 5.75 Å². The molecule has 1 aromatic carbocycles. The molecule has 25 heavy (non-hydrogen) atoms. The first-order valence-electron chi connectivity index (χ1n) is 9.81. The maximum Gasteiger partial charge on any atom is 0.387 e. The number of fused-ring (bicyclic) bond motifs is 1.